The maximum absolute atomic E-state index is 2.53. The molecule has 1 heterocycles. The molecule has 1 aliphatic heterocycles. The van der Waals surface area contributed by atoms with Gasteiger partial charge in [-0.25, -0.2) is 0 Å². The van der Waals surface area contributed by atoms with Crippen molar-refractivity contribution in [2.45, 2.75) is 144 Å². The van der Waals surface area contributed by atoms with Crippen LogP contribution in [0.1, 0.15) is 138 Å². The van der Waals surface area contributed by atoms with E-state index in [1.807, 2.05) is 0 Å². The third kappa shape index (κ3) is 7.41. The van der Waals surface area contributed by atoms with E-state index in [1.54, 1.807) is 39.0 Å². The van der Waals surface area contributed by atoms with Crippen LogP contribution in [0.5, 0.6) is 0 Å². The molecule has 0 nitrogen and oxygen atoms in total. The van der Waals surface area contributed by atoms with Crippen LogP contribution in [0.15, 0.2) is 44.4 Å². The number of hydrogen-bond donors (Lipinski definition) is 0. The van der Waals surface area contributed by atoms with Gasteiger partial charge >= 0.3 is 0 Å². The fourth-order valence-corrected chi connectivity index (χ4v) is 7.15. The molecule has 2 unspecified atom stereocenters. The molecule has 0 aromatic heterocycles. The van der Waals surface area contributed by atoms with E-state index in [9.17, 15) is 0 Å². The SMILES string of the molecule is CCCCCCC1=CSC(\C(C)=C2/CCCC/C2=C(C)\C(C)=C(\CC)CCCCC)C1C. The van der Waals surface area contributed by atoms with Crippen molar-refractivity contribution in [3.05, 3.63) is 44.4 Å². The van der Waals surface area contributed by atoms with Crippen molar-refractivity contribution >= 4 is 11.8 Å². The van der Waals surface area contributed by atoms with Crippen molar-refractivity contribution in [1.29, 1.82) is 0 Å². The van der Waals surface area contributed by atoms with Gasteiger partial charge < -0.3 is 0 Å². The third-order valence-corrected chi connectivity index (χ3v) is 9.64. The van der Waals surface area contributed by atoms with Gasteiger partial charge in [-0.1, -0.05) is 76.5 Å². The van der Waals surface area contributed by atoms with Crippen LogP contribution in [0.4, 0.5) is 0 Å². The Bertz CT molecular complexity index is 715. The highest BCUT2D eigenvalue weighted by atomic mass is 32.2. The van der Waals surface area contributed by atoms with Crippen molar-refractivity contribution in [2.75, 3.05) is 0 Å². The van der Waals surface area contributed by atoms with Crippen LogP contribution in [0.3, 0.4) is 0 Å². The van der Waals surface area contributed by atoms with Crippen LogP contribution in [0.25, 0.3) is 0 Å². The summed E-state index contributed by atoms with van der Waals surface area (Å²) >= 11 is 2.12. The van der Waals surface area contributed by atoms with Crippen LogP contribution in [-0.4, -0.2) is 5.25 Å². The topological polar surface area (TPSA) is 0 Å². The normalized spacial score (nSPS) is 25.5. The molecule has 2 aliphatic rings. The first-order chi connectivity index (χ1) is 15.5. The van der Waals surface area contributed by atoms with Crippen molar-refractivity contribution in [3.63, 3.8) is 0 Å². The monoisotopic (exact) mass is 456 g/mol. The molecule has 0 spiro atoms. The summed E-state index contributed by atoms with van der Waals surface area (Å²) in [4.78, 5) is 0. The minimum absolute atomic E-state index is 0.659. The fourth-order valence-electron chi connectivity index (χ4n) is 5.74. The van der Waals surface area contributed by atoms with E-state index in [2.05, 4.69) is 65.6 Å². The van der Waals surface area contributed by atoms with E-state index in [0.29, 0.717) is 11.2 Å². The lowest BCUT2D eigenvalue weighted by Gasteiger charge is -2.28. The number of unbranched alkanes of at least 4 members (excludes halogenated alkanes) is 5. The summed E-state index contributed by atoms with van der Waals surface area (Å²) in [5.41, 5.74) is 11.7. The fraction of sp³-hybridized carbons (Fsp3) is 0.742. The molecular formula is C31H52S. The molecular weight excluding hydrogens is 404 g/mol. The van der Waals surface area contributed by atoms with E-state index >= 15 is 0 Å². The van der Waals surface area contributed by atoms with Crippen LogP contribution in [0.2, 0.25) is 0 Å². The summed E-state index contributed by atoms with van der Waals surface area (Å²) in [7, 11) is 0. The maximum Gasteiger partial charge on any atom is 0.0363 e. The molecule has 0 saturated heterocycles. The van der Waals surface area contributed by atoms with E-state index < -0.39 is 0 Å². The Kier molecular flexibility index (Phi) is 12.5. The lowest BCUT2D eigenvalue weighted by molar-refractivity contribution is 0.602. The highest BCUT2D eigenvalue weighted by Gasteiger charge is 2.30. The Morgan fingerprint density at radius 1 is 0.875 bits per heavy atom. The second-order valence-electron chi connectivity index (χ2n) is 10.4. The predicted molar refractivity (Wildman–Crippen MR) is 148 cm³/mol. The van der Waals surface area contributed by atoms with Gasteiger partial charge in [-0.05, 0) is 112 Å². The average Bonchev–Trinajstić information content (AvgIpc) is 3.18. The third-order valence-electron chi connectivity index (χ3n) is 8.15. The zero-order valence-electron chi connectivity index (χ0n) is 22.5. The summed E-state index contributed by atoms with van der Waals surface area (Å²) in [5, 5.41) is 3.19. The Balaban J connectivity index is 2.24. The molecule has 1 fully saturated rings. The second-order valence-corrected chi connectivity index (χ2v) is 11.4. The molecule has 1 saturated carbocycles. The zero-order valence-corrected chi connectivity index (χ0v) is 23.4. The predicted octanol–water partition coefficient (Wildman–Crippen LogP) is 11.1. The summed E-state index contributed by atoms with van der Waals surface area (Å²) in [6, 6.07) is 0. The Morgan fingerprint density at radius 2 is 1.53 bits per heavy atom. The molecule has 0 bridgehead atoms. The number of thioether (sulfide) groups is 1. The van der Waals surface area contributed by atoms with Crippen LogP contribution in [0, 0.1) is 5.92 Å². The van der Waals surface area contributed by atoms with Gasteiger partial charge in [0.1, 0.15) is 0 Å². The average molecular weight is 457 g/mol. The Hall–Kier alpha value is -0.690. The largest absolute Gasteiger partial charge is 0.126 e. The lowest BCUT2D eigenvalue weighted by atomic mass is 9.79. The first kappa shape index (κ1) is 27.6. The summed E-state index contributed by atoms with van der Waals surface area (Å²) in [5.74, 6) is 0.703. The molecule has 0 N–H and O–H groups in total. The molecule has 2 atom stereocenters. The quantitative estimate of drug-likeness (QED) is 0.263. The zero-order chi connectivity index (χ0) is 23.5. The van der Waals surface area contributed by atoms with E-state index in [1.165, 1.54) is 89.9 Å². The molecule has 182 valence electrons. The molecule has 32 heavy (non-hydrogen) atoms. The Labute approximate surface area is 205 Å². The van der Waals surface area contributed by atoms with Crippen molar-refractivity contribution in [3.8, 4) is 0 Å². The molecule has 0 radical (unpaired) electrons. The van der Waals surface area contributed by atoms with E-state index in [4.69, 9.17) is 0 Å². The van der Waals surface area contributed by atoms with Gasteiger partial charge in [0, 0.05) is 5.25 Å². The van der Waals surface area contributed by atoms with Crippen LogP contribution >= 0.6 is 11.8 Å². The first-order valence-electron chi connectivity index (χ1n) is 13.9. The number of hydrogen-bond acceptors (Lipinski definition) is 1. The first-order valence-corrected chi connectivity index (χ1v) is 14.8. The molecule has 0 amide bonds. The second kappa shape index (κ2) is 14.5. The minimum atomic E-state index is 0.659. The Morgan fingerprint density at radius 3 is 2.19 bits per heavy atom. The van der Waals surface area contributed by atoms with E-state index in [0.717, 1.165) is 0 Å². The van der Waals surface area contributed by atoms with Gasteiger partial charge in [-0.3, -0.25) is 0 Å². The smallest absolute Gasteiger partial charge is 0.0363 e. The molecule has 2 rings (SSSR count). The summed E-state index contributed by atoms with van der Waals surface area (Å²) in [6.45, 7) is 16.8. The maximum atomic E-state index is 2.53. The van der Waals surface area contributed by atoms with Gasteiger partial charge in [0.2, 0.25) is 0 Å². The van der Waals surface area contributed by atoms with Gasteiger partial charge in [0.25, 0.3) is 0 Å². The van der Waals surface area contributed by atoms with Gasteiger partial charge in [-0.15, -0.1) is 11.8 Å². The minimum Gasteiger partial charge on any atom is -0.126 e. The number of allylic oxidation sites excluding steroid dienone is 6. The molecule has 0 aromatic carbocycles. The van der Waals surface area contributed by atoms with Gasteiger partial charge in [0.15, 0.2) is 0 Å². The van der Waals surface area contributed by atoms with Gasteiger partial charge in [-0.2, -0.15) is 0 Å². The van der Waals surface area contributed by atoms with E-state index in [-0.39, 0.29) is 0 Å². The highest BCUT2D eigenvalue weighted by Crippen LogP contribution is 2.45. The van der Waals surface area contributed by atoms with Crippen molar-refractivity contribution in [1.82, 2.24) is 0 Å². The van der Waals surface area contributed by atoms with Crippen molar-refractivity contribution in [2.24, 2.45) is 5.92 Å². The summed E-state index contributed by atoms with van der Waals surface area (Å²) in [6.07, 6.45) is 18.6. The van der Waals surface area contributed by atoms with Crippen molar-refractivity contribution < 1.29 is 0 Å². The molecule has 1 aliphatic carbocycles. The molecule has 1 heteroatoms. The number of rotatable bonds is 12. The summed E-state index contributed by atoms with van der Waals surface area (Å²) < 4.78 is 0. The highest BCUT2D eigenvalue weighted by molar-refractivity contribution is 8.03. The van der Waals surface area contributed by atoms with Crippen LogP contribution in [-0.2, 0) is 0 Å². The van der Waals surface area contributed by atoms with Crippen LogP contribution < -0.4 is 0 Å². The molecule has 0 aromatic rings. The standard InChI is InChI=1S/C31H52S/c1-8-11-13-15-19-28-22-32-31(25(28)6)26(7)30-21-17-16-20-29(30)24(5)23(4)27(10-3)18-14-12-9-2/h22,25,31H,8-21H2,1-7H3/b27-23-,29-24+,30-26+. The lowest BCUT2D eigenvalue weighted by Crippen LogP contribution is -2.17. The van der Waals surface area contributed by atoms with Gasteiger partial charge in [0.05, 0.1) is 0 Å².